The Balaban J connectivity index is 2.34. The van der Waals surface area contributed by atoms with Crippen molar-refractivity contribution in [1.29, 1.82) is 0 Å². The van der Waals surface area contributed by atoms with Gasteiger partial charge in [0.2, 0.25) is 0 Å². The third-order valence-corrected chi connectivity index (χ3v) is 3.57. The molecule has 3 heteroatoms. The molecule has 0 fully saturated rings. The minimum absolute atomic E-state index is 1.04. The fourth-order valence-corrected chi connectivity index (χ4v) is 2.52. The normalized spacial score (nSPS) is 11.0. The summed E-state index contributed by atoms with van der Waals surface area (Å²) in [6, 6.07) is 6.42. The van der Waals surface area contributed by atoms with Crippen LogP contribution in [-0.2, 0) is 6.42 Å². The van der Waals surface area contributed by atoms with Gasteiger partial charge < -0.3 is 5.32 Å². The van der Waals surface area contributed by atoms with Gasteiger partial charge in [-0.2, -0.15) is 0 Å². The SMILES string of the molecule is CCCc1cccc(NC)c1/C=C/c1nccs1. The number of benzene rings is 1. The summed E-state index contributed by atoms with van der Waals surface area (Å²) in [5.74, 6) is 0. The molecule has 1 N–H and O–H groups in total. The molecule has 1 heterocycles. The Morgan fingerprint density at radius 3 is 2.89 bits per heavy atom. The molecule has 2 nitrogen and oxygen atoms in total. The molecule has 1 aromatic carbocycles. The van der Waals surface area contributed by atoms with Crippen molar-refractivity contribution in [3.63, 3.8) is 0 Å². The first-order valence-electron chi connectivity index (χ1n) is 6.22. The third kappa shape index (κ3) is 2.99. The Bertz CT molecular complexity index is 515. The van der Waals surface area contributed by atoms with Gasteiger partial charge in [-0.25, -0.2) is 4.98 Å². The Morgan fingerprint density at radius 2 is 2.22 bits per heavy atom. The fourth-order valence-electron chi connectivity index (χ4n) is 1.99. The zero-order valence-corrected chi connectivity index (χ0v) is 11.6. The summed E-state index contributed by atoms with van der Waals surface area (Å²) in [4.78, 5) is 4.27. The van der Waals surface area contributed by atoms with Crippen LogP contribution in [0, 0.1) is 0 Å². The molecule has 0 aliphatic carbocycles. The van der Waals surface area contributed by atoms with E-state index in [4.69, 9.17) is 0 Å². The summed E-state index contributed by atoms with van der Waals surface area (Å²) in [6.07, 6.45) is 8.34. The molecule has 0 bridgehead atoms. The molecule has 18 heavy (non-hydrogen) atoms. The summed E-state index contributed by atoms with van der Waals surface area (Å²) < 4.78 is 0. The predicted octanol–water partition coefficient (Wildman–Crippen LogP) is 4.31. The van der Waals surface area contributed by atoms with Gasteiger partial charge >= 0.3 is 0 Å². The molecule has 0 amide bonds. The van der Waals surface area contributed by atoms with E-state index >= 15 is 0 Å². The summed E-state index contributed by atoms with van der Waals surface area (Å²) in [5.41, 5.74) is 3.84. The summed E-state index contributed by atoms with van der Waals surface area (Å²) >= 11 is 1.66. The number of thiazole rings is 1. The second-order valence-corrected chi connectivity index (χ2v) is 5.01. The lowest BCUT2D eigenvalue weighted by atomic mass is 10.0. The van der Waals surface area contributed by atoms with Gasteiger partial charge in [0, 0.05) is 29.9 Å². The highest BCUT2D eigenvalue weighted by Crippen LogP contribution is 2.24. The predicted molar refractivity (Wildman–Crippen MR) is 81.0 cm³/mol. The van der Waals surface area contributed by atoms with Crippen molar-refractivity contribution >= 4 is 29.2 Å². The van der Waals surface area contributed by atoms with Gasteiger partial charge in [-0.3, -0.25) is 0 Å². The molecule has 0 spiro atoms. The second kappa shape index (κ2) is 6.36. The topological polar surface area (TPSA) is 24.9 Å². The number of hydrogen-bond donors (Lipinski definition) is 1. The van der Waals surface area contributed by atoms with Crippen LogP contribution in [0.3, 0.4) is 0 Å². The van der Waals surface area contributed by atoms with Crippen molar-refractivity contribution in [1.82, 2.24) is 4.98 Å². The van der Waals surface area contributed by atoms with Gasteiger partial charge in [0.1, 0.15) is 5.01 Å². The Hall–Kier alpha value is -1.61. The van der Waals surface area contributed by atoms with Crippen LogP contribution in [0.5, 0.6) is 0 Å². The van der Waals surface area contributed by atoms with Gasteiger partial charge in [0.15, 0.2) is 0 Å². The highest BCUT2D eigenvalue weighted by molar-refractivity contribution is 7.10. The molecule has 2 aromatic rings. The maximum Gasteiger partial charge on any atom is 0.116 e. The van der Waals surface area contributed by atoms with Crippen LogP contribution in [0.4, 0.5) is 5.69 Å². The van der Waals surface area contributed by atoms with Gasteiger partial charge in [0.25, 0.3) is 0 Å². The molecule has 0 saturated carbocycles. The molecule has 0 aliphatic rings. The Kier molecular flexibility index (Phi) is 4.53. The number of rotatable bonds is 5. The van der Waals surface area contributed by atoms with Crippen LogP contribution < -0.4 is 5.32 Å². The first-order valence-corrected chi connectivity index (χ1v) is 7.10. The largest absolute Gasteiger partial charge is 0.388 e. The van der Waals surface area contributed by atoms with E-state index in [1.165, 1.54) is 16.8 Å². The van der Waals surface area contributed by atoms with Gasteiger partial charge in [-0.15, -0.1) is 11.3 Å². The minimum atomic E-state index is 1.04. The smallest absolute Gasteiger partial charge is 0.116 e. The number of hydrogen-bond acceptors (Lipinski definition) is 3. The van der Waals surface area contributed by atoms with E-state index in [-0.39, 0.29) is 0 Å². The molecule has 2 rings (SSSR count). The summed E-state index contributed by atoms with van der Waals surface area (Å²) in [6.45, 7) is 2.21. The van der Waals surface area contributed by atoms with E-state index < -0.39 is 0 Å². The Labute approximate surface area is 112 Å². The van der Waals surface area contributed by atoms with Crippen LogP contribution in [0.25, 0.3) is 12.2 Å². The molecule has 94 valence electrons. The standard InChI is InChI=1S/C15H18N2S/c1-3-5-12-6-4-7-14(16-2)13(12)8-9-15-17-10-11-18-15/h4,6-11,16H,3,5H2,1-2H3/b9-8+. The van der Waals surface area contributed by atoms with Crippen LogP contribution in [0.1, 0.15) is 29.5 Å². The molecular formula is C15H18N2S. The van der Waals surface area contributed by atoms with E-state index in [1.807, 2.05) is 18.6 Å². The first-order chi connectivity index (χ1) is 8.85. The minimum Gasteiger partial charge on any atom is -0.388 e. The highest BCUT2D eigenvalue weighted by Gasteiger charge is 2.03. The number of nitrogens with zero attached hydrogens (tertiary/aromatic N) is 1. The molecule has 0 aliphatic heterocycles. The number of aromatic nitrogens is 1. The van der Waals surface area contributed by atoms with Crippen molar-refractivity contribution in [2.24, 2.45) is 0 Å². The van der Waals surface area contributed by atoms with E-state index in [2.05, 4.69) is 47.6 Å². The highest BCUT2D eigenvalue weighted by atomic mass is 32.1. The van der Waals surface area contributed by atoms with Crippen LogP contribution in [0.15, 0.2) is 29.8 Å². The van der Waals surface area contributed by atoms with Gasteiger partial charge in [-0.05, 0) is 30.2 Å². The molecule has 0 saturated heterocycles. The van der Waals surface area contributed by atoms with E-state index in [1.54, 1.807) is 11.3 Å². The number of anilines is 1. The average molecular weight is 258 g/mol. The first kappa shape index (κ1) is 12.8. The molecule has 1 aromatic heterocycles. The lowest BCUT2D eigenvalue weighted by molar-refractivity contribution is 0.920. The van der Waals surface area contributed by atoms with E-state index in [0.29, 0.717) is 0 Å². The van der Waals surface area contributed by atoms with Crippen LogP contribution in [0.2, 0.25) is 0 Å². The lowest BCUT2D eigenvalue weighted by Crippen LogP contribution is -1.96. The van der Waals surface area contributed by atoms with Gasteiger partial charge in [0.05, 0.1) is 0 Å². The number of aryl methyl sites for hydroxylation is 1. The third-order valence-electron chi connectivity index (χ3n) is 2.83. The van der Waals surface area contributed by atoms with Crippen LogP contribution in [-0.4, -0.2) is 12.0 Å². The van der Waals surface area contributed by atoms with E-state index in [0.717, 1.165) is 17.8 Å². The van der Waals surface area contributed by atoms with Crippen molar-refractivity contribution in [3.8, 4) is 0 Å². The van der Waals surface area contributed by atoms with Crippen LogP contribution >= 0.6 is 11.3 Å². The van der Waals surface area contributed by atoms with Crippen molar-refractivity contribution in [2.75, 3.05) is 12.4 Å². The fraction of sp³-hybridized carbons (Fsp3) is 0.267. The summed E-state index contributed by atoms with van der Waals surface area (Å²) in [5, 5.41) is 6.30. The van der Waals surface area contributed by atoms with Gasteiger partial charge in [-0.1, -0.05) is 25.5 Å². The zero-order valence-electron chi connectivity index (χ0n) is 10.8. The maximum atomic E-state index is 4.27. The monoisotopic (exact) mass is 258 g/mol. The number of nitrogens with one attached hydrogen (secondary N) is 1. The summed E-state index contributed by atoms with van der Waals surface area (Å²) in [7, 11) is 1.96. The molecule has 0 atom stereocenters. The lowest BCUT2D eigenvalue weighted by Gasteiger charge is -2.10. The molecule has 0 radical (unpaired) electrons. The Morgan fingerprint density at radius 1 is 1.33 bits per heavy atom. The van der Waals surface area contributed by atoms with Crippen molar-refractivity contribution in [3.05, 3.63) is 45.9 Å². The van der Waals surface area contributed by atoms with Crippen molar-refractivity contribution < 1.29 is 0 Å². The average Bonchev–Trinajstić information content (AvgIpc) is 2.90. The van der Waals surface area contributed by atoms with Crippen molar-refractivity contribution in [2.45, 2.75) is 19.8 Å². The second-order valence-electron chi connectivity index (χ2n) is 4.08. The van der Waals surface area contributed by atoms with E-state index in [9.17, 15) is 0 Å². The maximum absolute atomic E-state index is 4.27. The molecular weight excluding hydrogens is 240 g/mol. The quantitative estimate of drug-likeness (QED) is 0.864. The zero-order chi connectivity index (χ0) is 12.8. The molecule has 0 unspecified atom stereocenters.